The zero-order valence-corrected chi connectivity index (χ0v) is 13.5. The lowest BCUT2D eigenvalue weighted by Crippen LogP contribution is -2.34. The van der Waals surface area contributed by atoms with E-state index in [2.05, 4.69) is 10.4 Å². The number of amides is 1. The summed E-state index contributed by atoms with van der Waals surface area (Å²) in [5.41, 5.74) is 0.640. The Hall–Kier alpha value is -2.67. The van der Waals surface area contributed by atoms with Crippen molar-refractivity contribution in [2.75, 3.05) is 0 Å². The molecule has 1 amide bonds. The molecule has 0 saturated heterocycles. The van der Waals surface area contributed by atoms with Crippen LogP contribution in [0.15, 0.2) is 47.4 Å². The van der Waals surface area contributed by atoms with Crippen LogP contribution in [0.2, 0.25) is 5.02 Å². The van der Waals surface area contributed by atoms with Gasteiger partial charge in [0.1, 0.15) is 12.4 Å². The van der Waals surface area contributed by atoms with Crippen molar-refractivity contribution in [3.63, 3.8) is 0 Å². The van der Waals surface area contributed by atoms with Crippen molar-refractivity contribution in [1.29, 1.82) is 0 Å². The predicted octanol–water partition coefficient (Wildman–Crippen LogP) is 2.17. The molecule has 0 saturated carbocycles. The zero-order chi connectivity index (χ0) is 17.3. The van der Waals surface area contributed by atoms with E-state index in [4.69, 9.17) is 11.6 Å². The summed E-state index contributed by atoms with van der Waals surface area (Å²) in [5.74, 6) is -0.949. The fourth-order valence-electron chi connectivity index (χ4n) is 2.36. The minimum atomic E-state index is -0.549. The molecule has 124 valence electrons. The first-order chi connectivity index (χ1) is 11.5. The third-order valence-electron chi connectivity index (χ3n) is 3.60. The van der Waals surface area contributed by atoms with Gasteiger partial charge < -0.3 is 5.32 Å². The Bertz CT molecular complexity index is 966. The Balaban J connectivity index is 1.73. The number of aromatic nitrogens is 3. The molecule has 1 atom stereocenters. The van der Waals surface area contributed by atoms with Gasteiger partial charge in [-0.15, -0.1) is 5.10 Å². The summed E-state index contributed by atoms with van der Waals surface area (Å²) in [5, 5.41) is 6.81. The number of halogens is 2. The Kier molecular flexibility index (Phi) is 4.35. The Morgan fingerprint density at radius 2 is 2.17 bits per heavy atom. The van der Waals surface area contributed by atoms with Crippen LogP contribution in [0.5, 0.6) is 0 Å². The van der Waals surface area contributed by atoms with Crippen molar-refractivity contribution in [1.82, 2.24) is 19.5 Å². The van der Waals surface area contributed by atoms with E-state index in [0.717, 1.165) is 4.68 Å². The van der Waals surface area contributed by atoms with Crippen molar-refractivity contribution in [2.24, 2.45) is 0 Å². The van der Waals surface area contributed by atoms with Crippen LogP contribution in [-0.4, -0.2) is 20.1 Å². The molecule has 0 bridgehead atoms. The quantitative estimate of drug-likeness (QED) is 0.785. The summed E-state index contributed by atoms with van der Waals surface area (Å²) >= 11 is 5.64. The molecule has 24 heavy (non-hydrogen) atoms. The number of fused-ring (bicyclic) bond motifs is 1. The molecule has 0 aliphatic heterocycles. The molecule has 0 unspecified atom stereocenters. The van der Waals surface area contributed by atoms with Gasteiger partial charge in [-0.25, -0.2) is 13.9 Å². The molecule has 1 N–H and O–H groups in total. The summed E-state index contributed by atoms with van der Waals surface area (Å²) < 4.78 is 15.9. The number of nitrogens with zero attached hydrogens (tertiary/aromatic N) is 3. The van der Waals surface area contributed by atoms with E-state index >= 15 is 0 Å². The van der Waals surface area contributed by atoms with Gasteiger partial charge in [-0.1, -0.05) is 23.7 Å². The molecule has 8 heteroatoms. The molecule has 0 spiro atoms. The fourth-order valence-corrected chi connectivity index (χ4v) is 2.48. The van der Waals surface area contributed by atoms with Gasteiger partial charge in [0.2, 0.25) is 5.91 Å². The molecule has 0 aliphatic rings. The maximum Gasteiger partial charge on any atom is 0.350 e. The maximum absolute atomic E-state index is 13.5. The number of carbonyl (C=O) groups excluding carboxylic acids is 1. The van der Waals surface area contributed by atoms with Crippen LogP contribution in [-0.2, 0) is 11.3 Å². The van der Waals surface area contributed by atoms with Crippen LogP contribution in [0.3, 0.4) is 0 Å². The van der Waals surface area contributed by atoms with Crippen LogP contribution in [0.4, 0.5) is 4.39 Å². The minimum Gasteiger partial charge on any atom is -0.348 e. The van der Waals surface area contributed by atoms with Crippen molar-refractivity contribution in [3.8, 4) is 0 Å². The molecule has 2 aromatic heterocycles. The predicted molar refractivity (Wildman–Crippen MR) is 87.4 cm³/mol. The number of rotatable bonds is 4. The van der Waals surface area contributed by atoms with E-state index in [9.17, 15) is 14.0 Å². The Labute approximate surface area is 141 Å². The molecule has 2 heterocycles. The fraction of sp³-hybridized carbons (Fsp3) is 0.188. The monoisotopic (exact) mass is 348 g/mol. The normalized spacial score (nSPS) is 12.3. The average molecular weight is 349 g/mol. The molecule has 1 aromatic carbocycles. The zero-order valence-electron chi connectivity index (χ0n) is 12.7. The largest absolute Gasteiger partial charge is 0.350 e. The summed E-state index contributed by atoms with van der Waals surface area (Å²) in [6.07, 6.45) is 1.58. The van der Waals surface area contributed by atoms with Crippen LogP contribution in [0.1, 0.15) is 18.5 Å². The first-order valence-corrected chi connectivity index (χ1v) is 7.62. The van der Waals surface area contributed by atoms with Crippen molar-refractivity contribution < 1.29 is 9.18 Å². The van der Waals surface area contributed by atoms with Gasteiger partial charge in [-0.3, -0.25) is 9.20 Å². The van der Waals surface area contributed by atoms with E-state index in [0.29, 0.717) is 11.2 Å². The highest BCUT2D eigenvalue weighted by Crippen LogP contribution is 2.20. The third kappa shape index (κ3) is 3.16. The first-order valence-electron chi connectivity index (χ1n) is 7.24. The maximum atomic E-state index is 13.5. The highest BCUT2D eigenvalue weighted by atomic mass is 35.5. The molecule has 6 nitrogen and oxygen atoms in total. The van der Waals surface area contributed by atoms with Gasteiger partial charge in [0.05, 0.1) is 11.1 Å². The second kappa shape index (κ2) is 6.45. The van der Waals surface area contributed by atoms with Crippen molar-refractivity contribution >= 4 is 23.2 Å². The van der Waals surface area contributed by atoms with Gasteiger partial charge in [0, 0.05) is 6.20 Å². The summed E-state index contributed by atoms with van der Waals surface area (Å²) in [6, 6.07) is 9.03. The van der Waals surface area contributed by atoms with E-state index in [1.54, 1.807) is 37.4 Å². The van der Waals surface area contributed by atoms with Crippen molar-refractivity contribution in [2.45, 2.75) is 19.5 Å². The van der Waals surface area contributed by atoms with E-state index in [1.165, 1.54) is 16.5 Å². The van der Waals surface area contributed by atoms with Gasteiger partial charge in [-0.05, 0) is 36.8 Å². The topological polar surface area (TPSA) is 68.4 Å². The lowest BCUT2D eigenvalue weighted by atomic mass is 10.1. The van der Waals surface area contributed by atoms with Crippen molar-refractivity contribution in [3.05, 3.63) is 69.5 Å². The number of hydrogen-bond acceptors (Lipinski definition) is 3. The summed E-state index contributed by atoms with van der Waals surface area (Å²) in [6.45, 7) is 1.49. The van der Waals surface area contributed by atoms with Crippen LogP contribution in [0, 0.1) is 5.82 Å². The van der Waals surface area contributed by atoms with Crippen LogP contribution >= 0.6 is 11.6 Å². The van der Waals surface area contributed by atoms with E-state index in [-0.39, 0.29) is 11.6 Å². The van der Waals surface area contributed by atoms with E-state index < -0.39 is 23.5 Å². The summed E-state index contributed by atoms with van der Waals surface area (Å²) in [4.78, 5) is 24.3. The average Bonchev–Trinajstić information content (AvgIpc) is 2.86. The Morgan fingerprint density at radius 3 is 2.88 bits per heavy atom. The van der Waals surface area contributed by atoms with E-state index in [1.807, 2.05) is 0 Å². The molecule has 0 radical (unpaired) electrons. The second-order valence-electron chi connectivity index (χ2n) is 5.33. The third-order valence-corrected chi connectivity index (χ3v) is 3.91. The number of nitrogens with one attached hydrogen (secondary N) is 1. The molecular weight excluding hydrogens is 335 g/mol. The SMILES string of the molecule is C[C@@H](NC(=O)Cn1nc2ccccn2c1=O)c1ccc(Cl)c(F)c1. The number of pyridine rings is 1. The lowest BCUT2D eigenvalue weighted by Gasteiger charge is -2.14. The van der Waals surface area contributed by atoms with Crippen LogP contribution < -0.4 is 11.0 Å². The Morgan fingerprint density at radius 1 is 1.38 bits per heavy atom. The van der Waals surface area contributed by atoms with Gasteiger partial charge in [-0.2, -0.15) is 0 Å². The molecule has 0 fully saturated rings. The smallest absolute Gasteiger partial charge is 0.348 e. The standard InChI is InChI=1S/C16H14ClFN4O2/c1-10(11-5-6-12(17)13(18)8-11)19-15(23)9-22-16(24)21-7-3-2-4-14(21)20-22/h2-8,10H,9H2,1H3,(H,19,23)/t10-/m1/s1. The van der Waals surface area contributed by atoms with Crippen LogP contribution in [0.25, 0.3) is 5.65 Å². The lowest BCUT2D eigenvalue weighted by molar-refractivity contribution is -0.122. The second-order valence-corrected chi connectivity index (χ2v) is 5.74. The molecule has 3 aromatic rings. The number of carbonyl (C=O) groups is 1. The van der Waals surface area contributed by atoms with Gasteiger partial charge >= 0.3 is 5.69 Å². The first kappa shape index (κ1) is 16.2. The molecular formula is C16H14ClFN4O2. The number of benzene rings is 1. The number of hydrogen-bond donors (Lipinski definition) is 1. The van der Waals surface area contributed by atoms with Gasteiger partial charge in [0.25, 0.3) is 0 Å². The molecule has 0 aliphatic carbocycles. The molecule has 3 rings (SSSR count). The minimum absolute atomic E-state index is 0.0218. The van der Waals surface area contributed by atoms with Gasteiger partial charge in [0.15, 0.2) is 5.65 Å². The summed E-state index contributed by atoms with van der Waals surface area (Å²) in [7, 11) is 0. The highest BCUT2D eigenvalue weighted by Gasteiger charge is 2.14. The highest BCUT2D eigenvalue weighted by molar-refractivity contribution is 6.30.